The molecule has 0 radical (unpaired) electrons. The van der Waals surface area contributed by atoms with E-state index in [1.54, 1.807) is 0 Å². The first-order valence-corrected chi connectivity index (χ1v) is 4.61. The lowest BCUT2D eigenvalue weighted by Gasteiger charge is -2.14. The molecule has 4 nitrogen and oxygen atoms in total. The van der Waals surface area contributed by atoms with Gasteiger partial charge in [0.2, 0.25) is 0 Å². The summed E-state index contributed by atoms with van der Waals surface area (Å²) in [4.78, 5) is 0. The van der Waals surface area contributed by atoms with E-state index in [0.29, 0.717) is 12.3 Å². The number of aliphatic hydroxyl groups excluding tert-OH is 3. The molecule has 80 valence electrons. The van der Waals surface area contributed by atoms with Crippen LogP contribution in [0.15, 0.2) is 0 Å². The predicted molar refractivity (Wildman–Crippen MR) is 49.4 cm³/mol. The standard InChI is InChI=1S/C9H20O4/c1-7(2)3-8(11)5-13-6-9(12)4-10/h7-12H,3-6H2,1-2H3. The fourth-order valence-corrected chi connectivity index (χ4v) is 1.01. The fourth-order valence-electron chi connectivity index (χ4n) is 1.01. The van der Waals surface area contributed by atoms with Gasteiger partial charge in [0.25, 0.3) is 0 Å². The predicted octanol–water partition coefficient (Wildman–Crippen LogP) is -0.237. The quantitative estimate of drug-likeness (QED) is 0.521. The number of hydrogen-bond donors (Lipinski definition) is 3. The van der Waals surface area contributed by atoms with Gasteiger partial charge >= 0.3 is 0 Å². The molecule has 13 heavy (non-hydrogen) atoms. The Bertz CT molecular complexity index is 116. The molecule has 4 heteroatoms. The second-order valence-corrected chi connectivity index (χ2v) is 3.66. The van der Waals surface area contributed by atoms with Gasteiger partial charge in [0.05, 0.1) is 25.9 Å². The van der Waals surface area contributed by atoms with Crippen LogP contribution >= 0.6 is 0 Å². The number of ether oxygens (including phenoxy) is 1. The van der Waals surface area contributed by atoms with Crippen molar-refractivity contribution >= 4 is 0 Å². The summed E-state index contributed by atoms with van der Waals surface area (Å²) in [7, 11) is 0. The molecule has 0 saturated heterocycles. The minimum absolute atomic E-state index is 0.0751. The van der Waals surface area contributed by atoms with Crippen LogP contribution in [0.5, 0.6) is 0 Å². The van der Waals surface area contributed by atoms with E-state index in [0.717, 1.165) is 0 Å². The van der Waals surface area contributed by atoms with E-state index in [2.05, 4.69) is 0 Å². The largest absolute Gasteiger partial charge is 0.394 e. The maximum absolute atomic E-state index is 9.34. The van der Waals surface area contributed by atoms with E-state index in [-0.39, 0.29) is 19.8 Å². The molecule has 0 aromatic carbocycles. The van der Waals surface area contributed by atoms with Crippen LogP contribution in [0.1, 0.15) is 20.3 Å². The molecule has 0 saturated carbocycles. The molecule has 0 aromatic heterocycles. The zero-order chi connectivity index (χ0) is 10.3. The molecule has 0 fully saturated rings. The molecular weight excluding hydrogens is 172 g/mol. The molecule has 0 aliphatic heterocycles. The highest BCUT2D eigenvalue weighted by atomic mass is 16.5. The summed E-state index contributed by atoms with van der Waals surface area (Å²) in [5.74, 6) is 0.432. The van der Waals surface area contributed by atoms with Gasteiger partial charge in [0, 0.05) is 0 Å². The van der Waals surface area contributed by atoms with Gasteiger partial charge in [-0.25, -0.2) is 0 Å². The smallest absolute Gasteiger partial charge is 0.100 e. The normalized spacial score (nSPS) is 16.2. The highest BCUT2D eigenvalue weighted by molar-refractivity contribution is 4.58. The molecule has 0 heterocycles. The van der Waals surface area contributed by atoms with Crippen molar-refractivity contribution in [3.05, 3.63) is 0 Å². The Labute approximate surface area is 79.2 Å². The molecule has 0 aromatic rings. The summed E-state index contributed by atoms with van der Waals surface area (Å²) in [6.07, 6.45) is -0.632. The molecule has 0 aliphatic rings. The molecule has 0 spiro atoms. The van der Waals surface area contributed by atoms with Gasteiger partial charge in [-0.3, -0.25) is 0 Å². The average Bonchev–Trinajstić information content (AvgIpc) is 2.02. The van der Waals surface area contributed by atoms with E-state index in [4.69, 9.17) is 14.9 Å². The Morgan fingerprint density at radius 3 is 2.08 bits per heavy atom. The van der Waals surface area contributed by atoms with Gasteiger partial charge in [0.15, 0.2) is 0 Å². The van der Waals surface area contributed by atoms with Gasteiger partial charge in [-0.2, -0.15) is 0 Å². The van der Waals surface area contributed by atoms with E-state index in [1.165, 1.54) is 0 Å². The summed E-state index contributed by atoms with van der Waals surface area (Å²) in [5, 5.41) is 26.7. The third-order valence-corrected chi connectivity index (χ3v) is 1.57. The lowest BCUT2D eigenvalue weighted by Crippen LogP contribution is -2.24. The molecule has 2 unspecified atom stereocenters. The molecule has 0 bridgehead atoms. The molecule has 0 rings (SSSR count). The van der Waals surface area contributed by atoms with Crippen LogP contribution in [-0.4, -0.2) is 47.3 Å². The second kappa shape index (κ2) is 7.26. The minimum atomic E-state index is -0.841. The SMILES string of the molecule is CC(C)CC(O)COCC(O)CO. The van der Waals surface area contributed by atoms with Gasteiger partial charge < -0.3 is 20.1 Å². The average molecular weight is 192 g/mol. The Hall–Kier alpha value is -0.160. The Morgan fingerprint density at radius 1 is 1.08 bits per heavy atom. The van der Waals surface area contributed by atoms with Crippen LogP contribution < -0.4 is 0 Å². The van der Waals surface area contributed by atoms with Crippen molar-refractivity contribution in [2.24, 2.45) is 5.92 Å². The summed E-state index contributed by atoms with van der Waals surface area (Å²) in [5.41, 5.74) is 0. The highest BCUT2D eigenvalue weighted by Gasteiger charge is 2.08. The van der Waals surface area contributed by atoms with E-state index in [9.17, 15) is 5.11 Å². The maximum Gasteiger partial charge on any atom is 0.100 e. The molecule has 0 amide bonds. The van der Waals surface area contributed by atoms with Crippen LogP contribution in [0.25, 0.3) is 0 Å². The summed E-state index contributed by atoms with van der Waals surface area (Å²) < 4.78 is 4.99. The van der Waals surface area contributed by atoms with Crippen molar-refractivity contribution in [1.29, 1.82) is 0 Å². The van der Waals surface area contributed by atoms with Crippen molar-refractivity contribution in [2.45, 2.75) is 32.5 Å². The zero-order valence-corrected chi connectivity index (χ0v) is 8.31. The first kappa shape index (κ1) is 12.8. The number of rotatable bonds is 7. The second-order valence-electron chi connectivity index (χ2n) is 3.66. The third kappa shape index (κ3) is 8.18. The lowest BCUT2D eigenvalue weighted by molar-refractivity contribution is -0.0281. The minimum Gasteiger partial charge on any atom is -0.394 e. The lowest BCUT2D eigenvalue weighted by atomic mass is 10.1. The first-order chi connectivity index (χ1) is 6.06. The van der Waals surface area contributed by atoms with Gasteiger partial charge in [-0.15, -0.1) is 0 Å². The van der Waals surface area contributed by atoms with Crippen molar-refractivity contribution in [2.75, 3.05) is 19.8 Å². The summed E-state index contributed by atoms with van der Waals surface area (Å²) in [6.45, 7) is 4.03. The fraction of sp³-hybridized carbons (Fsp3) is 1.00. The molecule has 0 aliphatic carbocycles. The summed E-state index contributed by atoms with van der Waals surface area (Å²) in [6, 6.07) is 0. The van der Waals surface area contributed by atoms with Crippen LogP contribution in [0.4, 0.5) is 0 Å². The van der Waals surface area contributed by atoms with E-state index < -0.39 is 12.2 Å². The van der Waals surface area contributed by atoms with Crippen molar-refractivity contribution in [1.82, 2.24) is 0 Å². The summed E-state index contributed by atoms with van der Waals surface area (Å²) >= 11 is 0. The van der Waals surface area contributed by atoms with Gasteiger partial charge in [-0.05, 0) is 12.3 Å². The Kier molecular flexibility index (Phi) is 7.17. The highest BCUT2D eigenvalue weighted by Crippen LogP contribution is 2.04. The van der Waals surface area contributed by atoms with Crippen LogP contribution in [0.2, 0.25) is 0 Å². The third-order valence-electron chi connectivity index (χ3n) is 1.57. The maximum atomic E-state index is 9.34. The molecule has 2 atom stereocenters. The zero-order valence-electron chi connectivity index (χ0n) is 8.31. The van der Waals surface area contributed by atoms with E-state index >= 15 is 0 Å². The van der Waals surface area contributed by atoms with Crippen LogP contribution in [-0.2, 0) is 4.74 Å². The van der Waals surface area contributed by atoms with Gasteiger partial charge in [0.1, 0.15) is 6.10 Å². The van der Waals surface area contributed by atoms with Crippen molar-refractivity contribution in [3.63, 3.8) is 0 Å². The van der Waals surface area contributed by atoms with Crippen molar-refractivity contribution in [3.8, 4) is 0 Å². The van der Waals surface area contributed by atoms with Crippen LogP contribution in [0, 0.1) is 5.92 Å². The Morgan fingerprint density at radius 2 is 1.62 bits per heavy atom. The monoisotopic (exact) mass is 192 g/mol. The topological polar surface area (TPSA) is 69.9 Å². The Balaban J connectivity index is 3.31. The molecular formula is C9H20O4. The molecule has 3 N–H and O–H groups in total. The van der Waals surface area contributed by atoms with Crippen molar-refractivity contribution < 1.29 is 20.1 Å². The number of hydrogen-bond acceptors (Lipinski definition) is 4. The first-order valence-electron chi connectivity index (χ1n) is 4.61. The van der Waals surface area contributed by atoms with E-state index in [1.807, 2.05) is 13.8 Å². The van der Waals surface area contributed by atoms with Gasteiger partial charge in [-0.1, -0.05) is 13.8 Å². The number of aliphatic hydroxyl groups is 3. The van der Waals surface area contributed by atoms with Crippen LogP contribution in [0.3, 0.4) is 0 Å².